The number of nitrogens with one attached hydrogen (secondary N) is 1. The molecule has 0 aliphatic rings. The second-order valence-electron chi connectivity index (χ2n) is 4.64. The number of ether oxygens (including phenoxy) is 2. The molecule has 0 aliphatic heterocycles. The molecule has 5 nitrogen and oxygen atoms in total. The van der Waals surface area contributed by atoms with E-state index in [1.807, 2.05) is 12.1 Å². The van der Waals surface area contributed by atoms with Gasteiger partial charge >= 0.3 is 5.97 Å². The monoisotopic (exact) mass is 262 g/mol. The third-order valence-electron chi connectivity index (χ3n) is 2.96. The SMILES string of the molecule is COCC(C)Cc1nc2c(C(=O)OC)cccc2[nH]1. The number of carbonyl (C=O) groups is 1. The second kappa shape index (κ2) is 5.84. The summed E-state index contributed by atoms with van der Waals surface area (Å²) < 4.78 is 9.87. The minimum absolute atomic E-state index is 0.367. The lowest BCUT2D eigenvalue weighted by Crippen LogP contribution is -2.08. The molecule has 0 saturated heterocycles. The highest BCUT2D eigenvalue weighted by Crippen LogP contribution is 2.18. The Bertz CT molecular complexity index is 577. The van der Waals surface area contributed by atoms with E-state index in [1.54, 1.807) is 13.2 Å². The van der Waals surface area contributed by atoms with Crippen LogP contribution in [0.5, 0.6) is 0 Å². The summed E-state index contributed by atoms with van der Waals surface area (Å²) in [5.41, 5.74) is 2.00. The van der Waals surface area contributed by atoms with Crippen molar-refractivity contribution in [2.24, 2.45) is 5.92 Å². The van der Waals surface area contributed by atoms with E-state index in [1.165, 1.54) is 7.11 Å². The van der Waals surface area contributed by atoms with Crippen molar-refractivity contribution in [1.82, 2.24) is 9.97 Å². The Morgan fingerprint density at radius 1 is 1.42 bits per heavy atom. The molecule has 2 aromatic rings. The number of benzene rings is 1. The fourth-order valence-corrected chi connectivity index (χ4v) is 2.13. The summed E-state index contributed by atoms with van der Waals surface area (Å²) in [7, 11) is 3.06. The smallest absolute Gasteiger partial charge is 0.340 e. The van der Waals surface area contributed by atoms with Gasteiger partial charge in [-0.05, 0) is 18.1 Å². The number of para-hydroxylation sites is 1. The van der Waals surface area contributed by atoms with Gasteiger partial charge < -0.3 is 14.5 Å². The van der Waals surface area contributed by atoms with E-state index in [2.05, 4.69) is 16.9 Å². The number of H-pyrrole nitrogens is 1. The van der Waals surface area contributed by atoms with Crippen molar-refractivity contribution in [3.05, 3.63) is 29.6 Å². The topological polar surface area (TPSA) is 64.2 Å². The van der Waals surface area contributed by atoms with Gasteiger partial charge in [0.05, 0.1) is 18.2 Å². The largest absolute Gasteiger partial charge is 0.465 e. The predicted molar refractivity (Wildman–Crippen MR) is 72.2 cm³/mol. The first kappa shape index (κ1) is 13.5. The van der Waals surface area contributed by atoms with E-state index < -0.39 is 0 Å². The van der Waals surface area contributed by atoms with Crippen LogP contribution < -0.4 is 0 Å². The average molecular weight is 262 g/mol. The zero-order valence-electron chi connectivity index (χ0n) is 11.4. The summed E-state index contributed by atoms with van der Waals surface area (Å²) in [6.45, 7) is 2.78. The van der Waals surface area contributed by atoms with E-state index in [0.717, 1.165) is 17.8 Å². The van der Waals surface area contributed by atoms with Gasteiger partial charge in [0.2, 0.25) is 0 Å². The van der Waals surface area contributed by atoms with Crippen LogP contribution in [0.3, 0.4) is 0 Å². The molecule has 5 heteroatoms. The number of carbonyl (C=O) groups excluding carboxylic acids is 1. The van der Waals surface area contributed by atoms with Crippen molar-refractivity contribution in [2.45, 2.75) is 13.3 Å². The van der Waals surface area contributed by atoms with Crippen LogP contribution >= 0.6 is 0 Å². The van der Waals surface area contributed by atoms with Crippen LogP contribution in [0.15, 0.2) is 18.2 Å². The van der Waals surface area contributed by atoms with E-state index in [4.69, 9.17) is 9.47 Å². The number of rotatable bonds is 5. The van der Waals surface area contributed by atoms with Crippen LogP contribution in [-0.2, 0) is 15.9 Å². The van der Waals surface area contributed by atoms with Crippen LogP contribution in [0.1, 0.15) is 23.1 Å². The molecule has 1 aromatic carbocycles. The molecule has 0 aliphatic carbocycles. The van der Waals surface area contributed by atoms with E-state index in [-0.39, 0.29) is 5.97 Å². The quantitative estimate of drug-likeness (QED) is 0.839. The molecule has 0 amide bonds. The minimum Gasteiger partial charge on any atom is -0.465 e. The van der Waals surface area contributed by atoms with Crippen LogP contribution in [0.25, 0.3) is 11.0 Å². The van der Waals surface area contributed by atoms with Crippen LogP contribution in [0.4, 0.5) is 0 Å². The van der Waals surface area contributed by atoms with Gasteiger partial charge in [-0.15, -0.1) is 0 Å². The number of hydrogen-bond acceptors (Lipinski definition) is 4. The van der Waals surface area contributed by atoms with Crippen molar-refractivity contribution >= 4 is 17.0 Å². The lowest BCUT2D eigenvalue weighted by atomic mass is 10.1. The Morgan fingerprint density at radius 3 is 2.89 bits per heavy atom. The molecular formula is C14H18N2O3. The number of hydrogen-bond donors (Lipinski definition) is 1. The first-order valence-corrected chi connectivity index (χ1v) is 6.20. The van der Waals surface area contributed by atoms with Crippen LogP contribution in [0.2, 0.25) is 0 Å². The Labute approximate surface area is 111 Å². The van der Waals surface area contributed by atoms with Gasteiger partial charge in [0.25, 0.3) is 0 Å². The number of aromatic amines is 1. The number of aromatic nitrogens is 2. The van der Waals surface area contributed by atoms with Gasteiger partial charge in [0, 0.05) is 20.1 Å². The molecule has 0 fully saturated rings. The summed E-state index contributed by atoms with van der Waals surface area (Å²) in [5, 5.41) is 0. The molecule has 1 atom stereocenters. The molecule has 2 rings (SSSR count). The highest BCUT2D eigenvalue weighted by atomic mass is 16.5. The van der Waals surface area contributed by atoms with Crippen LogP contribution in [-0.4, -0.2) is 36.8 Å². The summed E-state index contributed by atoms with van der Waals surface area (Å²) in [6, 6.07) is 5.44. The maximum absolute atomic E-state index is 11.7. The molecule has 1 unspecified atom stereocenters. The normalized spacial score (nSPS) is 12.6. The molecule has 0 bridgehead atoms. The fourth-order valence-electron chi connectivity index (χ4n) is 2.13. The number of imidazole rings is 1. The van der Waals surface area contributed by atoms with Gasteiger partial charge in [-0.2, -0.15) is 0 Å². The summed E-state index contributed by atoms with van der Waals surface area (Å²) >= 11 is 0. The van der Waals surface area contributed by atoms with Crippen molar-refractivity contribution in [3.63, 3.8) is 0 Å². The minimum atomic E-state index is -0.367. The molecule has 102 valence electrons. The number of fused-ring (bicyclic) bond motifs is 1. The molecular weight excluding hydrogens is 244 g/mol. The average Bonchev–Trinajstić information content (AvgIpc) is 2.79. The fraction of sp³-hybridized carbons (Fsp3) is 0.429. The van der Waals surface area contributed by atoms with Gasteiger partial charge in [-0.1, -0.05) is 13.0 Å². The second-order valence-corrected chi connectivity index (χ2v) is 4.64. The standard InChI is InChI=1S/C14H18N2O3/c1-9(8-18-2)7-12-15-11-6-4-5-10(13(11)16-12)14(17)19-3/h4-6,9H,7-8H2,1-3H3,(H,15,16). The lowest BCUT2D eigenvalue weighted by Gasteiger charge is -2.06. The Kier molecular flexibility index (Phi) is 4.16. The van der Waals surface area contributed by atoms with E-state index in [0.29, 0.717) is 23.6 Å². The van der Waals surface area contributed by atoms with Gasteiger partial charge in [0.15, 0.2) is 0 Å². The highest BCUT2D eigenvalue weighted by Gasteiger charge is 2.14. The molecule has 1 N–H and O–H groups in total. The third kappa shape index (κ3) is 2.93. The summed E-state index contributed by atoms with van der Waals surface area (Å²) in [5.74, 6) is 0.858. The lowest BCUT2D eigenvalue weighted by molar-refractivity contribution is 0.0603. The maximum Gasteiger partial charge on any atom is 0.340 e. The summed E-state index contributed by atoms with van der Waals surface area (Å²) in [6.07, 6.45) is 0.781. The van der Waals surface area contributed by atoms with Crippen molar-refractivity contribution < 1.29 is 14.3 Å². The van der Waals surface area contributed by atoms with Crippen molar-refractivity contribution in [2.75, 3.05) is 20.8 Å². The molecule has 1 aromatic heterocycles. The number of nitrogens with zero attached hydrogens (tertiary/aromatic N) is 1. The molecule has 0 spiro atoms. The zero-order chi connectivity index (χ0) is 13.8. The van der Waals surface area contributed by atoms with E-state index in [9.17, 15) is 4.79 Å². The van der Waals surface area contributed by atoms with Gasteiger partial charge in [-0.3, -0.25) is 0 Å². The Morgan fingerprint density at radius 2 is 2.21 bits per heavy atom. The molecule has 1 heterocycles. The number of methoxy groups -OCH3 is 2. The first-order chi connectivity index (χ1) is 9.15. The molecule has 0 saturated carbocycles. The Balaban J connectivity index is 2.32. The summed E-state index contributed by atoms with van der Waals surface area (Å²) in [4.78, 5) is 19.4. The van der Waals surface area contributed by atoms with Gasteiger partial charge in [-0.25, -0.2) is 9.78 Å². The predicted octanol–water partition coefficient (Wildman–Crippen LogP) is 2.17. The van der Waals surface area contributed by atoms with E-state index >= 15 is 0 Å². The Hall–Kier alpha value is -1.88. The molecule has 0 radical (unpaired) electrons. The third-order valence-corrected chi connectivity index (χ3v) is 2.96. The van der Waals surface area contributed by atoms with Gasteiger partial charge in [0.1, 0.15) is 11.3 Å². The van der Waals surface area contributed by atoms with Crippen molar-refractivity contribution in [1.29, 1.82) is 0 Å². The zero-order valence-corrected chi connectivity index (χ0v) is 11.4. The van der Waals surface area contributed by atoms with Crippen molar-refractivity contribution in [3.8, 4) is 0 Å². The number of esters is 1. The highest BCUT2D eigenvalue weighted by molar-refractivity contribution is 6.01. The first-order valence-electron chi connectivity index (χ1n) is 6.20. The van der Waals surface area contributed by atoms with Crippen LogP contribution in [0, 0.1) is 5.92 Å². The molecule has 19 heavy (non-hydrogen) atoms. The maximum atomic E-state index is 11.7.